The monoisotopic (exact) mass is 296 g/mol. The van der Waals surface area contributed by atoms with Crippen LogP contribution >= 0.6 is 12.4 Å². The predicted molar refractivity (Wildman–Crippen MR) is 78.7 cm³/mol. The highest BCUT2D eigenvalue weighted by Crippen LogP contribution is 2.17. The number of carbonyl (C=O) groups is 1. The molecular weight excluding hydrogens is 280 g/mol. The van der Waals surface area contributed by atoms with Gasteiger partial charge in [0, 0.05) is 23.7 Å². The highest BCUT2D eigenvalue weighted by Gasteiger charge is 2.12. The quantitative estimate of drug-likeness (QED) is 0.881. The molecule has 0 bridgehead atoms. The number of amides is 1. The lowest BCUT2D eigenvalue weighted by Crippen LogP contribution is -2.28. The van der Waals surface area contributed by atoms with Crippen LogP contribution in [-0.2, 0) is 4.79 Å². The third-order valence-electron chi connectivity index (χ3n) is 2.73. The second kappa shape index (κ2) is 7.62. The summed E-state index contributed by atoms with van der Waals surface area (Å²) in [6, 6.07) is 7.30. The van der Waals surface area contributed by atoms with Crippen molar-refractivity contribution in [3.63, 3.8) is 0 Å². The van der Waals surface area contributed by atoms with E-state index < -0.39 is 0 Å². The van der Waals surface area contributed by atoms with Crippen LogP contribution in [0.5, 0.6) is 0 Å². The SMILES string of the molecule is CNCC(C)C(=O)Nc1ccc(-c2ncon2)cc1.Cl. The molecule has 0 aliphatic rings. The predicted octanol–water partition coefficient (Wildman–Crippen LogP) is 1.95. The molecule has 1 heterocycles. The summed E-state index contributed by atoms with van der Waals surface area (Å²) in [4.78, 5) is 15.8. The van der Waals surface area contributed by atoms with Gasteiger partial charge in [-0.25, -0.2) is 0 Å². The lowest BCUT2D eigenvalue weighted by atomic mass is 10.1. The van der Waals surface area contributed by atoms with Crippen molar-refractivity contribution in [2.45, 2.75) is 6.92 Å². The molecule has 0 aliphatic heterocycles. The van der Waals surface area contributed by atoms with Crippen LogP contribution < -0.4 is 10.6 Å². The molecule has 20 heavy (non-hydrogen) atoms. The summed E-state index contributed by atoms with van der Waals surface area (Å²) in [7, 11) is 1.82. The summed E-state index contributed by atoms with van der Waals surface area (Å²) in [5, 5.41) is 9.58. The van der Waals surface area contributed by atoms with Crippen LogP contribution in [0.2, 0.25) is 0 Å². The Bertz CT molecular complexity index is 528. The standard InChI is InChI=1S/C13H16N4O2.ClH/c1-9(7-14-2)13(18)16-11-5-3-10(4-6-11)12-15-8-19-17-12;/h3-6,8-9,14H,7H2,1-2H3,(H,16,18);1H. The van der Waals surface area contributed by atoms with Gasteiger partial charge >= 0.3 is 0 Å². The molecule has 1 aromatic heterocycles. The van der Waals surface area contributed by atoms with Crippen molar-refractivity contribution in [3.05, 3.63) is 30.7 Å². The van der Waals surface area contributed by atoms with Gasteiger partial charge in [-0.1, -0.05) is 12.1 Å². The fourth-order valence-electron chi connectivity index (χ4n) is 1.66. The van der Waals surface area contributed by atoms with E-state index in [1.807, 2.05) is 38.2 Å². The van der Waals surface area contributed by atoms with E-state index in [0.29, 0.717) is 12.4 Å². The molecule has 1 amide bonds. The number of hydrogen-bond acceptors (Lipinski definition) is 5. The van der Waals surface area contributed by atoms with Crippen LogP contribution in [0.25, 0.3) is 11.4 Å². The topological polar surface area (TPSA) is 80.0 Å². The molecule has 1 aromatic carbocycles. The van der Waals surface area contributed by atoms with E-state index in [1.165, 1.54) is 6.39 Å². The summed E-state index contributed by atoms with van der Waals surface area (Å²) >= 11 is 0. The van der Waals surface area contributed by atoms with Gasteiger partial charge in [-0.15, -0.1) is 12.4 Å². The Morgan fingerprint density at radius 2 is 2.05 bits per heavy atom. The number of carbonyl (C=O) groups excluding carboxylic acids is 1. The largest absolute Gasteiger partial charge is 0.342 e. The van der Waals surface area contributed by atoms with Crippen molar-refractivity contribution in [3.8, 4) is 11.4 Å². The number of benzene rings is 1. The Hall–Kier alpha value is -1.92. The van der Waals surface area contributed by atoms with Crippen LogP contribution in [0.1, 0.15) is 6.92 Å². The third-order valence-corrected chi connectivity index (χ3v) is 2.73. The second-order valence-electron chi connectivity index (χ2n) is 4.28. The number of nitrogens with zero attached hydrogens (tertiary/aromatic N) is 2. The van der Waals surface area contributed by atoms with Gasteiger partial charge in [0.15, 0.2) is 0 Å². The molecule has 0 saturated carbocycles. The molecule has 2 rings (SSSR count). The molecule has 0 saturated heterocycles. The maximum atomic E-state index is 11.8. The molecule has 0 spiro atoms. The minimum absolute atomic E-state index is 0. The lowest BCUT2D eigenvalue weighted by molar-refractivity contribution is -0.119. The van der Waals surface area contributed by atoms with Gasteiger partial charge in [0.25, 0.3) is 0 Å². The van der Waals surface area contributed by atoms with Gasteiger partial charge < -0.3 is 15.2 Å². The van der Waals surface area contributed by atoms with E-state index in [-0.39, 0.29) is 24.2 Å². The van der Waals surface area contributed by atoms with E-state index in [1.54, 1.807) is 0 Å². The van der Waals surface area contributed by atoms with E-state index in [4.69, 9.17) is 0 Å². The van der Waals surface area contributed by atoms with Gasteiger partial charge in [-0.2, -0.15) is 4.98 Å². The summed E-state index contributed by atoms with van der Waals surface area (Å²) in [5.74, 6) is 0.435. The molecule has 0 aliphatic carbocycles. The van der Waals surface area contributed by atoms with Crippen molar-refractivity contribution >= 4 is 24.0 Å². The van der Waals surface area contributed by atoms with Crippen LogP contribution in [-0.4, -0.2) is 29.6 Å². The van der Waals surface area contributed by atoms with E-state index in [9.17, 15) is 4.79 Å². The molecule has 108 valence electrons. The molecular formula is C13H17ClN4O2. The molecule has 0 radical (unpaired) electrons. The first-order valence-electron chi connectivity index (χ1n) is 6.03. The number of halogens is 1. The number of hydrogen-bond donors (Lipinski definition) is 2. The van der Waals surface area contributed by atoms with Crippen molar-refractivity contribution in [2.75, 3.05) is 18.9 Å². The van der Waals surface area contributed by atoms with Crippen LogP contribution in [0.3, 0.4) is 0 Å². The first-order valence-corrected chi connectivity index (χ1v) is 6.03. The van der Waals surface area contributed by atoms with Crippen molar-refractivity contribution in [2.24, 2.45) is 5.92 Å². The highest BCUT2D eigenvalue weighted by molar-refractivity contribution is 5.92. The Labute approximate surface area is 123 Å². The Morgan fingerprint density at radius 3 is 2.60 bits per heavy atom. The zero-order valence-corrected chi connectivity index (χ0v) is 12.1. The van der Waals surface area contributed by atoms with Crippen LogP contribution in [0.4, 0.5) is 5.69 Å². The van der Waals surface area contributed by atoms with E-state index in [0.717, 1.165) is 11.3 Å². The minimum Gasteiger partial charge on any atom is -0.342 e. The highest BCUT2D eigenvalue weighted by atomic mass is 35.5. The normalized spacial score (nSPS) is 11.5. The third kappa shape index (κ3) is 4.04. The maximum Gasteiger partial charge on any atom is 0.228 e. The summed E-state index contributed by atoms with van der Waals surface area (Å²) < 4.78 is 4.68. The summed E-state index contributed by atoms with van der Waals surface area (Å²) in [6.07, 6.45) is 1.28. The molecule has 2 aromatic rings. The first kappa shape index (κ1) is 16.1. The lowest BCUT2D eigenvalue weighted by Gasteiger charge is -2.11. The van der Waals surface area contributed by atoms with E-state index in [2.05, 4.69) is 25.3 Å². The average Bonchev–Trinajstić information content (AvgIpc) is 2.94. The van der Waals surface area contributed by atoms with Crippen LogP contribution in [0, 0.1) is 5.92 Å². The van der Waals surface area contributed by atoms with Crippen LogP contribution in [0.15, 0.2) is 35.2 Å². The fourth-order valence-corrected chi connectivity index (χ4v) is 1.66. The maximum absolute atomic E-state index is 11.8. The zero-order valence-electron chi connectivity index (χ0n) is 11.3. The Kier molecular flexibility index (Phi) is 6.14. The Balaban J connectivity index is 0.00000200. The number of rotatable bonds is 5. The summed E-state index contributed by atoms with van der Waals surface area (Å²) in [6.45, 7) is 2.52. The second-order valence-corrected chi connectivity index (χ2v) is 4.28. The fraction of sp³-hybridized carbons (Fsp3) is 0.308. The number of aromatic nitrogens is 2. The molecule has 0 fully saturated rings. The first-order chi connectivity index (χ1) is 9.20. The smallest absolute Gasteiger partial charge is 0.228 e. The van der Waals surface area contributed by atoms with Crippen molar-refractivity contribution < 1.29 is 9.32 Å². The molecule has 7 heteroatoms. The zero-order chi connectivity index (χ0) is 13.7. The van der Waals surface area contributed by atoms with Gasteiger partial charge in [0.05, 0.1) is 0 Å². The molecule has 6 nitrogen and oxygen atoms in total. The molecule has 1 atom stereocenters. The molecule has 2 N–H and O–H groups in total. The van der Waals surface area contributed by atoms with Crippen molar-refractivity contribution in [1.29, 1.82) is 0 Å². The molecule has 1 unspecified atom stereocenters. The average molecular weight is 297 g/mol. The minimum atomic E-state index is -0.0816. The van der Waals surface area contributed by atoms with Gasteiger partial charge in [-0.05, 0) is 31.3 Å². The van der Waals surface area contributed by atoms with Gasteiger partial charge in [0.2, 0.25) is 18.1 Å². The number of nitrogens with one attached hydrogen (secondary N) is 2. The van der Waals surface area contributed by atoms with Crippen molar-refractivity contribution in [1.82, 2.24) is 15.5 Å². The summed E-state index contributed by atoms with van der Waals surface area (Å²) in [5.41, 5.74) is 1.59. The van der Waals surface area contributed by atoms with Gasteiger partial charge in [0.1, 0.15) is 0 Å². The van der Waals surface area contributed by atoms with Gasteiger partial charge in [-0.3, -0.25) is 4.79 Å². The van der Waals surface area contributed by atoms with E-state index >= 15 is 0 Å². The Morgan fingerprint density at radius 1 is 1.35 bits per heavy atom. The number of anilines is 1.